The molecule has 1 heterocycles. The fourth-order valence-corrected chi connectivity index (χ4v) is 3.69. The highest BCUT2D eigenvalue weighted by Gasteiger charge is 2.25. The van der Waals surface area contributed by atoms with Crippen molar-refractivity contribution in [2.24, 2.45) is 11.8 Å². The molecule has 1 aromatic rings. The summed E-state index contributed by atoms with van der Waals surface area (Å²) in [6.07, 6.45) is 5.25. The molecule has 4 heteroatoms. The SMILES string of the molecule is CC1CCC(Sc2cc(C(=O)O)ccn2)CC1C. The number of hydrogen-bond donors (Lipinski definition) is 1. The largest absolute Gasteiger partial charge is 0.478 e. The van der Waals surface area contributed by atoms with Crippen LogP contribution in [-0.4, -0.2) is 21.3 Å². The molecular formula is C14H19NO2S. The van der Waals surface area contributed by atoms with Crippen molar-refractivity contribution in [1.82, 2.24) is 4.98 Å². The average molecular weight is 265 g/mol. The van der Waals surface area contributed by atoms with Gasteiger partial charge in [-0.2, -0.15) is 0 Å². The van der Waals surface area contributed by atoms with Gasteiger partial charge in [-0.3, -0.25) is 0 Å². The van der Waals surface area contributed by atoms with Crippen LogP contribution < -0.4 is 0 Å². The third-order valence-electron chi connectivity index (χ3n) is 3.82. The number of rotatable bonds is 3. The first kappa shape index (κ1) is 13.4. The van der Waals surface area contributed by atoms with Gasteiger partial charge in [0, 0.05) is 11.4 Å². The summed E-state index contributed by atoms with van der Waals surface area (Å²) in [4.78, 5) is 15.2. The van der Waals surface area contributed by atoms with Crippen LogP contribution in [0, 0.1) is 11.8 Å². The highest BCUT2D eigenvalue weighted by Crippen LogP contribution is 2.38. The van der Waals surface area contributed by atoms with Crippen molar-refractivity contribution in [3.63, 3.8) is 0 Å². The summed E-state index contributed by atoms with van der Waals surface area (Å²) in [6.45, 7) is 4.62. The van der Waals surface area contributed by atoms with Gasteiger partial charge in [-0.05, 0) is 43.2 Å². The number of hydrogen-bond acceptors (Lipinski definition) is 3. The van der Waals surface area contributed by atoms with Crippen LogP contribution in [0.25, 0.3) is 0 Å². The number of pyridine rings is 1. The van der Waals surface area contributed by atoms with E-state index in [2.05, 4.69) is 18.8 Å². The van der Waals surface area contributed by atoms with Crippen LogP contribution in [0.15, 0.2) is 23.4 Å². The molecule has 98 valence electrons. The standard InChI is InChI=1S/C14H19NO2S/c1-9-3-4-12(7-10(9)2)18-13-8-11(14(16)17)5-6-15-13/h5-6,8-10,12H,3-4,7H2,1-2H3,(H,16,17). The maximum Gasteiger partial charge on any atom is 0.335 e. The molecule has 0 spiro atoms. The number of thioether (sulfide) groups is 1. The van der Waals surface area contributed by atoms with Crippen LogP contribution in [0.1, 0.15) is 43.5 Å². The molecule has 3 atom stereocenters. The molecule has 0 aromatic carbocycles. The van der Waals surface area contributed by atoms with Crippen molar-refractivity contribution in [3.05, 3.63) is 23.9 Å². The monoisotopic (exact) mass is 265 g/mol. The van der Waals surface area contributed by atoms with Crippen molar-refractivity contribution in [3.8, 4) is 0 Å². The predicted molar refractivity (Wildman–Crippen MR) is 73.0 cm³/mol. The highest BCUT2D eigenvalue weighted by molar-refractivity contribution is 7.99. The van der Waals surface area contributed by atoms with Crippen LogP contribution in [0.5, 0.6) is 0 Å². The van der Waals surface area contributed by atoms with Crippen LogP contribution in [0.2, 0.25) is 0 Å². The summed E-state index contributed by atoms with van der Waals surface area (Å²) in [6, 6.07) is 3.22. The van der Waals surface area contributed by atoms with Crippen LogP contribution in [-0.2, 0) is 0 Å². The minimum atomic E-state index is -0.884. The van der Waals surface area contributed by atoms with E-state index in [9.17, 15) is 4.79 Å². The summed E-state index contributed by atoms with van der Waals surface area (Å²) in [7, 11) is 0. The van der Waals surface area contributed by atoms with Gasteiger partial charge < -0.3 is 5.11 Å². The molecular weight excluding hydrogens is 246 g/mol. The lowest BCUT2D eigenvalue weighted by atomic mass is 9.81. The van der Waals surface area contributed by atoms with E-state index in [-0.39, 0.29) is 0 Å². The Balaban J connectivity index is 2.01. The van der Waals surface area contributed by atoms with Gasteiger partial charge in [0.2, 0.25) is 0 Å². The lowest BCUT2D eigenvalue weighted by Crippen LogP contribution is -2.22. The smallest absolute Gasteiger partial charge is 0.335 e. The molecule has 3 nitrogen and oxygen atoms in total. The molecule has 0 aliphatic heterocycles. The van der Waals surface area contributed by atoms with E-state index in [0.717, 1.165) is 16.9 Å². The van der Waals surface area contributed by atoms with Crippen LogP contribution in [0.4, 0.5) is 0 Å². The summed E-state index contributed by atoms with van der Waals surface area (Å²) in [5.74, 6) is 0.670. The Hall–Kier alpha value is -1.03. The third-order valence-corrected chi connectivity index (χ3v) is 5.05. The van der Waals surface area contributed by atoms with Gasteiger partial charge in [0.05, 0.1) is 10.6 Å². The highest BCUT2D eigenvalue weighted by atomic mass is 32.2. The average Bonchev–Trinajstić information content (AvgIpc) is 2.34. The van der Waals surface area contributed by atoms with E-state index in [1.807, 2.05) is 0 Å². The molecule has 18 heavy (non-hydrogen) atoms. The van der Waals surface area contributed by atoms with Gasteiger partial charge in [0.25, 0.3) is 0 Å². The number of carboxylic acids is 1. The predicted octanol–water partition coefficient (Wildman–Crippen LogP) is 3.70. The quantitative estimate of drug-likeness (QED) is 0.905. The van der Waals surface area contributed by atoms with Gasteiger partial charge >= 0.3 is 5.97 Å². The van der Waals surface area contributed by atoms with Gasteiger partial charge in [-0.1, -0.05) is 13.8 Å². The molecule has 1 N–H and O–H groups in total. The van der Waals surface area contributed by atoms with Gasteiger partial charge in [0.1, 0.15) is 0 Å². The van der Waals surface area contributed by atoms with E-state index in [1.54, 1.807) is 24.0 Å². The van der Waals surface area contributed by atoms with Crippen molar-refractivity contribution in [2.75, 3.05) is 0 Å². The second-order valence-electron chi connectivity index (χ2n) is 5.20. The fraction of sp³-hybridized carbons (Fsp3) is 0.571. The zero-order valence-corrected chi connectivity index (χ0v) is 11.6. The first-order valence-electron chi connectivity index (χ1n) is 6.42. The zero-order valence-electron chi connectivity index (χ0n) is 10.8. The van der Waals surface area contributed by atoms with Crippen molar-refractivity contribution in [1.29, 1.82) is 0 Å². The third kappa shape index (κ3) is 3.25. The Morgan fingerprint density at radius 2 is 2.17 bits per heavy atom. The summed E-state index contributed by atoms with van der Waals surface area (Å²) >= 11 is 1.73. The van der Waals surface area contributed by atoms with Crippen molar-refractivity contribution < 1.29 is 9.90 Å². The maximum atomic E-state index is 10.9. The molecule has 0 amide bonds. The van der Waals surface area contributed by atoms with E-state index in [1.165, 1.54) is 25.3 Å². The lowest BCUT2D eigenvalue weighted by molar-refractivity contribution is 0.0696. The lowest BCUT2D eigenvalue weighted by Gasteiger charge is -2.31. The molecule has 0 bridgehead atoms. The van der Waals surface area contributed by atoms with E-state index in [0.29, 0.717) is 10.8 Å². The Morgan fingerprint density at radius 1 is 1.39 bits per heavy atom. The second kappa shape index (κ2) is 5.74. The number of aromatic carboxylic acids is 1. The molecule has 1 aliphatic carbocycles. The van der Waals surface area contributed by atoms with Crippen LogP contribution in [0.3, 0.4) is 0 Å². The molecule has 1 aromatic heterocycles. The zero-order chi connectivity index (χ0) is 13.1. The van der Waals surface area contributed by atoms with Gasteiger partial charge in [-0.25, -0.2) is 9.78 Å². The summed E-state index contributed by atoms with van der Waals surface area (Å²) < 4.78 is 0. The Morgan fingerprint density at radius 3 is 2.83 bits per heavy atom. The van der Waals surface area contributed by atoms with Crippen LogP contribution >= 0.6 is 11.8 Å². The topological polar surface area (TPSA) is 50.2 Å². The molecule has 1 fully saturated rings. The second-order valence-corrected chi connectivity index (χ2v) is 6.52. The van der Waals surface area contributed by atoms with E-state index >= 15 is 0 Å². The van der Waals surface area contributed by atoms with Gasteiger partial charge in [0.15, 0.2) is 0 Å². The number of aromatic nitrogens is 1. The number of carboxylic acid groups (broad SMARTS) is 1. The number of carbonyl (C=O) groups is 1. The first-order valence-corrected chi connectivity index (χ1v) is 7.30. The van der Waals surface area contributed by atoms with Crippen molar-refractivity contribution in [2.45, 2.75) is 43.4 Å². The minimum absolute atomic E-state index is 0.324. The maximum absolute atomic E-state index is 10.9. The fourth-order valence-electron chi connectivity index (χ4n) is 2.38. The van der Waals surface area contributed by atoms with Gasteiger partial charge in [-0.15, -0.1) is 11.8 Å². The Kier molecular flexibility index (Phi) is 4.27. The molecule has 1 aliphatic rings. The Bertz CT molecular complexity index is 436. The molecule has 3 unspecified atom stereocenters. The van der Waals surface area contributed by atoms with E-state index < -0.39 is 5.97 Å². The molecule has 0 saturated heterocycles. The molecule has 1 saturated carbocycles. The summed E-state index contributed by atoms with van der Waals surface area (Å²) in [5, 5.41) is 10.4. The number of nitrogens with zero attached hydrogens (tertiary/aromatic N) is 1. The normalized spacial score (nSPS) is 28.0. The minimum Gasteiger partial charge on any atom is -0.478 e. The summed E-state index contributed by atoms with van der Waals surface area (Å²) in [5.41, 5.74) is 0.324. The Labute approximate surface area is 112 Å². The molecule has 0 radical (unpaired) electrons. The van der Waals surface area contributed by atoms with E-state index in [4.69, 9.17) is 5.11 Å². The first-order chi connectivity index (χ1) is 8.56. The molecule has 2 rings (SSSR count). The van der Waals surface area contributed by atoms with Crippen molar-refractivity contribution >= 4 is 17.7 Å².